The average molecular weight is 739 g/mol. The van der Waals surface area contributed by atoms with Crippen LogP contribution in [0.3, 0.4) is 0 Å². The number of benzene rings is 1. The van der Waals surface area contributed by atoms with Crippen LogP contribution < -0.4 is 10.6 Å². The second-order valence-electron chi connectivity index (χ2n) is 16.5. The minimum Gasteiger partial charge on any atom is -0.446 e. The fourth-order valence-electron chi connectivity index (χ4n) is 10.5. The van der Waals surface area contributed by atoms with Crippen molar-refractivity contribution < 1.29 is 41.5 Å². The number of ether oxygens (including phenoxy) is 1. The van der Waals surface area contributed by atoms with Crippen LogP contribution >= 0.6 is 7.60 Å². The minimum atomic E-state index is -4.50. The third-order valence-electron chi connectivity index (χ3n) is 13.0. The van der Waals surface area contributed by atoms with Gasteiger partial charge in [0.15, 0.2) is 0 Å². The molecule has 5 rings (SSSR count). The van der Waals surface area contributed by atoms with E-state index >= 15 is 0 Å². The number of alkyl halides is 3. The summed E-state index contributed by atoms with van der Waals surface area (Å²) in [4.78, 5) is 34.8. The Labute approximate surface area is 301 Å². The number of carbonyl (C=O) groups excluding carboxylic acids is 2. The maximum atomic E-state index is 13.4. The number of hydrogen-bond donors (Lipinski definition) is 3. The lowest BCUT2D eigenvalue weighted by atomic mass is 9.47. The zero-order valence-electron chi connectivity index (χ0n) is 30.9. The second-order valence-corrected chi connectivity index (χ2v) is 18.4. The molecule has 1 unspecified atom stereocenters. The van der Waals surface area contributed by atoms with E-state index in [1.807, 2.05) is 0 Å². The largest absolute Gasteiger partial charge is 0.446 e. The van der Waals surface area contributed by atoms with Gasteiger partial charge in [-0.1, -0.05) is 45.3 Å². The number of amides is 2. The molecular weight excluding hydrogens is 680 g/mol. The van der Waals surface area contributed by atoms with E-state index < -0.39 is 25.2 Å². The molecule has 0 heterocycles. The predicted molar refractivity (Wildman–Crippen MR) is 191 cm³/mol. The Hall–Kier alpha value is -2.36. The Balaban J connectivity index is 1.10. The molecule has 9 atom stereocenters. The van der Waals surface area contributed by atoms with Crippen molar-refractivity contribution in [2.24, 2.45) is 40.4 Å². The van der Waals surface area contributed by atoms with Crippen LogP contribution in [0, 0.1) is 47.3 Å². The summed E-state index contributed by atoms with van der Waals surface area (Å²) in [6.07, 6.45) is 8.95. The van der Waals surface area contributed by atoms with Crippen molar-refractivity contribution in [3.8, 4) is 0 Å². The first-order valence-electron chi connectivity index (χ1n) is 19.0. The van der Waals surface area contributed by atoms with Crippen molar-refractivity contribution in [1.29, 1.82) is 0 Å². The summed E-state index contributed by atoms with van der Waals surface area (Å²) in [5.41, 5.74) is 1.36. The van der Waals surface area contributed by atoms with Crippen molar-refractivity contribution in [2.45, 2.75) is 117 Å². The van der Waals surface area contributed by atoms with Gasteiger partial charge >= 0.3 is 19.9 Å². The van der Waals surface area contributed by atoms with Gasteiger partial charge in [-0.15, -0.1) is 0 Å². The molecule has 0 saturated heterocycles. The molecule has 3 saturated carbocycles. The predicted octanol–water partition coefficient (Wildman–Crippen LogP) is 9.45. The molecule has 2 amide bonds. The number of fused-ring (bicyclic) bond motifs is 5. The lowest BCUT2D eigenvalue weighted by Crippen LogP contribution is -2.51. The van der Waals surface area contributed by atoms with Crippen LogP contribution in [0.25, 0.3) is 0 Å². The SMILES string of the molecule is Cc1cc(C(=O)NC[C@@H](C)[C@H]2CC[C@H]3[C@@H]4CC=C5C[C@@H](OC(=O)NCCCCCCOP(C)(=O)O)CC[C@]5(C)[C@H]4CC[C@]23C)cc(C(F)(F)F)c1. The third kappa shape index (κ3) is 9.42. The molecule has 3 N–H and O–H groups in total. The zero-order chi connectivity index (χ0) is 37.2. The summed E-state index contributed by atoms with van der Waals surface area (Å²) in [5, 5.41) is 5.85. The molecule has 4 aliphatic rings. The summed E-state index contributed by atoms with van der Waals surface area (Å²) >= 11 is 0. The average Bonchev–Trinajstić information content (AvgIpc) is 3.41. The van der Waals surface area contributed by atoms with Crippen LogP contribution in [0.15, 0.2) is 29.8 Å². The fraction of sp³-hybridized carbons (Fsp3) is 0.744. The Morgan fingerprint density at radius 3 is 2.49 bits per heavy atom. The van der Waals surface area contributed by atoms with Crippen LogP contribution in [-0.2, 0) is 20.0 Å². The van der Waals surface area contributed by atoms with Crippen LogP contribution in [0.2, 0.25) is 0 Å². The van der Waals surface area contributed by atoms with E-state index in [1.165, 1.54) is 18.3 Å². The van der Waals surface area contributed by atoms with Gasteiger partial charge in [-0.05, 0) is 129 Å². The lowest BCUT2D eigenvalue weighted by molar-refractivity contribution is -0.137. The highest BCUT2D eigenvalue weighted by atomic mass is 31.2. The van der Waals surface area contributed by atoms with E-state index in [2.05, 4.69) is 37.5 Å². The zero-order valence-corrected chi connectivity index (χ0v) is 31.8. The molecule has 51 heavy (non-hydrogen) atoms. The maximum absolute atomic E-state index is 13.4. The number of unbranched alkanes of at least 4 members (excludes halogenated alkanes) is 3. The normalized spacial score (nSPS) is 32.0. The highest BCUT2D eigenvalue weighted by molar-refractivity contribution is 7.51. The number of nitrogens with one attached hydrogen (secondary N) is 2. The highest BCUT2D eigenvalue weighted by Gasteiger charge is 2.59. The summed E-state index contributed by atoms with van der Waals surface area (Å²) < 4.78 is 62.0. The first-order chi connectivity index (χ1) is 23.9. The fourth-order valence-corrected chi connectivity index (χ4v) is 10.9. The molecule has 0 aromatic heterocycles. The summed E-state index contributed by atoms with van der Waals surface area (Å²) in [6.45, 7) is 11.1. The number of aryl methyl sites for hydroxylation is 1. The van der Waals surface area contributed by atoms with Crippen molar-refractivity contribution in [2.75, 3.05) is 26.4 Å². The third-order valence-corrected chi connectivity index (χ3v) is 13.7. The van der Waals surface area contributed by atoms with Crippen molar-refractivity contribution in [1.82, 2.24) is 10.6 Å². The van der Waals surface area contributed by atoms with Gasteiger partial charge in [0.1, 0.15) is 6.10 Å². The number of carbonyl (C=O) groups is 2. The number of allylic oxidation sites excluding steroid dienone is 1. The Morgan fingerprint density at radius 2 is 1.76 bits per heavy atom. The van der Waals surface area contributed by atoms with Crippen LogP contribution in [0.4, 0.5) is 18.0 Å². The van der Waals surface area contributed by atoms with Gasteiger partial charge in [0.05, 0.1) is 12.2 Å². The monoisotopic (exact) mass is 738 g/mol. The van der Waals surface area contributed by atoms with Crippen molar-refractivity contribution in [3.05, 3.63) is 46.5 Å². The van der Waals surface area contributed by atoms with Gasteiger partial charge in [0.2, 0.25) is 0 Å². The summed E-state index contributed by atoms with van der Waals surface area (Å²) in [7, 11) is -3.42. The Bertz CT molecular complexity index is 1500. The van der Waals surface area contributed by atoms with E-state index in [0.29, 0.717) is 48.7 Å². The van der Waals surface area contributed by atoms with E-state index in [0.717, 1.165) is 82.8 Å². The van der Waals surface area contributed by atoms with Crippen LogP contribution in [0.5, 0.6) is 0 Å². The molecule has 12 heteroatoms. The molecule has 0 radical (unpaired) electrons. The van der Waals surface area contributed by atoms with Crippen LogP contribution in [-0.4, -0.2) is 49.4 Å². The quantitative estimate of drug-likeness (QED) is 0.106. The molecule has 4 aliphatic carbocycles. The molecule has 3 fully saturated rings. The highest BCUT2D eigenvalue weighted by Crippen LogP contribution is 2.67. The molecular formula is C39H58F3N2O6P. The number of hydrogen-bond acceptors (Lipinski definition) is 5. The van der Waals surface area contributed by atoms with Crippen molar-refractivity contribution >= 4 is 19.6 Å². The topological polar surface area (TPSA) is 114 Å². The molecule has 1 aromatic rings. The van der Waals surface area contributed by atoms with E-state index in [-0.39, 0.29) is 41.1 Å². The number of halogens is 3. The van der Waals surface area contributed by atoms with E-state index in [4.69, 9.17) is 14.2 Å². The van der Waals surface area contributed by atoms with E-state index in [1.54, 1.807) is 6.92 Å². The van der Waals surface area contributed by atoms with Gasteiger partial charge in [-0.25, -0.2) is 4.79 Å². The van der Waals surface area contributed by atoms with Gasteiger partial charge in [-0.2, -0.15) is 13.2 Å². The summed E-state index contributed by atoms with van der Waals surface area (Å²) in [5.74, 6) is 1.97. The van der Waals surface area contributed by atoms with Gasteiger partial charge in [0, 0.05) is 31.7 Å². The van der Waals surface area contributed by atoms with E-state index in [9.17, 15) is 27.3 Å². The smallest absolute Gasteiger partial charge is 0.416 e. The number of rotatable bonds is 13. The molecule has 286 valence electrons. The van der Waals surface area contributed by atoms with Crippen LogP contribution in [0.1, 0.15) is 119 Å². The lowest BCUT2D eigenvalue weighted by Gasteiger charge is -2.58. The Morgan fingerprint density at radius 1 is 1.02 bits per heavy atom. The Kier molecular flexibility index (Phi) is 12.4. The standard InChI is InChI=1S/C39H58F3N2O6P/c1-25-20-27(22-29(21-25)39(40,41)42)35(45)44-24-26(2)32-12-13-33-31-11-10-28-23-30(14-16-37(28,3)34(31)15-17-38(32,33)4)50-36(46)43-18-8-6-7-9-19-49-51(5,47)48/h10,20-22,26,30-34H,6-9,11-19,23-24H2,1-5H3,(H,43,46)(H,44,45)(H,47,48)/t26-,30+,31+,32-,33+,34+,37+,38-/m1/s1. The molecule has 0 spiro atoms. The summed E-state index contributed by atoms with van der Waals surface area (Å²) in [6, 6.07) is 3.52. The molecule has 1 aromatic carbocycles. The minimum absolute atomic E-state index is 0.0508. The number of alkyl carbamates (subject to hydrolysis) is 1. The van der Waals surface area contributed by atoms with Gasteiger partial charge in [0.25, 0.3) is 5.91 Å². The molecule has 0 aliphatic heterocycles. The first kappa shape index (κ1) is 39.8. The molecule has 0 bridgehead atoms. The van der Waals surface area contributed by atoms with Crippen molar-refractivity contribution in [3.63, 3.8) is 0 Å². The van der Waals surface area contributed by atoms with Gasteiger partial charge < -0.3 is 24.8 Å². The van der Waals surface area contributed by atoms with Gasteiger partial charge in [-0.3, -0.25) is 9.36 Å². The second kappa shape index (κ2) is 15.9. The first-order valence-corrected chi connectivity index (χ1v) is 21.0. The molecule has 8 nitrogen and oxygen atoms in total. The maximum Gasteiger partial charge on any atom is 0.416 e.